The van der Waals surface area contributed by atoms with Crippen LogP contribution in [0.3, 0.4) is 0 Å². The van der Waals surface area contributed by atoms with E-state index in [4.69, 9.17) is 5.11 Å². The van der Waals surface area contributed by atoms with Crippen LogP contribution >= 0.6 is 0 Å². The second-order valence-corrected chi connectivity index (χ2v) is 4.76. The molecule has 2 fully saturated rings. The zero-order chi connectivity index (χ0) is 9.26. The van der Waals surface area contributed by atoms with E-state index in [2.05, 4.69) is 11.8 Å². The van der Waals surface area contributed by atoms with Gasteiger partial charge in [-0.2, -0.15) is 0 Å². The second kappa shape index (κ2) is 3.97. The maximum absolute atomic E-state index is 9.05. The van der Waals surface area contributed by atoms with E-state index in [-0.39, 0.29) is 0 Å². The first kappa shape index (κ1) is 9.47. The Balaban J connectivity index is 1.80. The zero-order valence-corrected chi connectivity index (χ0v) is 8.58. The van der Waals surface area contributed by atoms with E-state index in [1.54, 1.807) is 0 Å². The summed E-state index contributed by atoms with van der Waals surface area (Å²) in [5.41, 5.74) is 0. The van der Waals surface area contributed by atoms with Crippen LogP contribution in [0.5, 0.6) is 0 Å². The molecule has 2 nitrogen and oxygen atoms in total. The quantitative estimate of drug-likeness (QED) is 0.716. The summed E-state index contributed by atoms with van der Waals surface area (Å²) < 4.78 is 0. The predicted molar refractivity (Wildman–Crippen MR) is 53.6 cm³/mol. The van der Waals surface area contributed by atoms with Gasteiger partial charge in [0.2, 0.25) is 0 Å². The fourth-order valence-electron chi connectivity index (χ4n) is 2.60. The summed E-state index contributed by atoms with van der Waals surface area (Å²) in [5, 5.41) is 9.05. The third-order valence-corrected chi connectivity index (χ3v) is 3.98. The molecular weight excluding hydrogens is 162 g/mol. The molecule has 1 saturated carbocycles. The molecule has 1 N–H and O–H groups in total. The SMILES string of the molecule is CC(C1CCC1)N1CCC(CO)C1. The van der Waals surface area contributed by atoms with Crippen LogP contribution in [0.25, 0.3) is 0 Å². The number of likely N-dealkylation sites (tertiary alicyclic amines) is 1. The topological polar surface area (TPSA) is 23.5 Å². The summed E-state index contributed by atoms with van der Waals surface area (Å²) >= 11 is 0. The second-order valence-electron chi connectivity index (χ2n) is 4.76. The monoisotopic (exact) mass is 183 g/mol. The first-order valence-electron chi connectivity index (χ1n) is 5.66. The molecule has 1 heterocycles. The summed E-state index contributed by atoms with van der Waals surface area (Å²) in [6.45, 7) is 5.09. The van der Waals surface area contributed by atoms with Crippen molar-refractivity contribution >= 4 is 0 Å². The van der Waals surface area contributed by atoms with E-state index in [0.717, 1.165) is 18.5 Å². The van der Waals surface area contributed by atoms with Crippen molar-refractivity contribution in [3.63, 3.8) is 0 Å². The summed E-state index contributed by atoms with van der Waals surface area (Å²) in [6, 6.07) is 0.769. The molecule has 0 bridgehead atoms. The molecule has 2 atom stereocenters. The van der Waals surface area contributed by atoms with Gasteiger partial charge in [0.05, 0.1) is 0 Å². The molecule has 1 aliphatic carbocycles. The number of nitrogens with zero attached hydrogens (tertiary/aromatic N) is 1. The van der Waals surface area contributed by atoms with E-state index in [1.165, 1.54) is 32.2 Å². The van der Waals surface area contributed by atoms with Gasteiger partial charge in [-0.15, -0.1) is 0 Å². The van der Waals surface area contributed by atoms with Crippen molar-refractivity contribution in [1.82, 2.24) is 4.90 Å². The van der Waals surface area contributed by atoms with Crippen LogP contribution in [0.15, 0.2) is 0 Å². The average Bonchev–Trinajstić information content (AvgIpc) is 2.48. The molecule has 0 aromatic heterocycles. The lowest BCUT2D eigenvalue weighted by Gasteiger charge is -2.37. The van der Waals surface area contributed by atoms with E-state index < -0.39 is 0 Å². The van der Waals surface area contributed by atoms with Crippen LogP contribution in [0.4, 0.5) is 0 Å². The van der Waals surface area contributed by atoms with Crippen LogP contribution in [0, 0.1) is 11.8 Å². The van der Waals surface area contributed by atoms with Gasteiger partial charge in [-0.1, -0.05) is 6.42 Å². The van der Waals surface area contributed by atoms with E-state index in [1.807, 2.05) is 0 Å². The van der Waals surface area contributed by atoms with Crippen LogP contribution in [-0.4, -0.2) is 35.7 Å². The van der Waals surface area contributed by atoms with Gasteiger partial charge >= 0.3 is 0 Å². The molecule has 0 radical (unpaired) electrons. The highest BCUT2D eigenvalue weighted by molar-refractivity contribution is 4.86. The van der Waals surface area contributed by atoms with Crippen LogP contribution in [0.1, 0.15) is 32.6 Å². The number of aliphatic hydroxyl groups is 1. The Bertz CT molecular complexity index is 167. The summed E-state index contributed by atoms with van der Waals surface area (Å²) in [7, 11) is 0. The van der Waals surface area contributed by atoms with Gasteiger partial charge in [0.1, 0.15) is 0 Å². The lowest BCUT2D eigenvalue weighted by molar-refractivity contribution is 0.121. The van der Waals surface area contributed by atoms with Crippen molar-refractivity contribution in [2.24, 2.45) is 11.8 Å². The molecule has 13 heavy (non-hydrogen) atoms. The van der Waals surface area contributed by atoms with Crippen molar-refractivity contribution in [2.45, 2.75) is 38.6 Å². The van der Waals surface area contributed by atoms with Crippen molar-refractivity contribution < 1.29 is 5.11 Å². The normalized spacial score (nSPS) is 33.2. The minimum absolute atomic E-state index is 0.383. The molecule has 1 aliphatic heterocycles. The number of hydrogen-bond acceptors (Lipinski definition) is 2. The molecule has 76 valence electrons. The first-order chi connectivity index (χ1) is 6.31. The van der Waals surface area contributed by atoms with E-state index in [9.17, 15) is 0 Å². The Morgan fingerprint density at radius 3 is 2.62 bits per heavy atom. The molecular formula is C11H21NO. The van der Waals surface area contributed by atoms with Crippen molar-refractivity contribution in [1.29, 1.82) is 0 Å². The highest BCUT2D eigenvalue weighted by Crippen LogP contribution is 2.33. The molecule has 0 aromatic rings. The largest absolute Gasteiger partial charge is 0.396 e. The maximum Gasteiger partial charge on any atom is 0.0471 e. The summed E-state index contributed by atoms with van der Waals surface area (Å²) in [4.78, 5) is 2.57. The number of hydrogen-bond donors (Lipinski definition) is 1. The Hall–Kier alpha value is -0.0800. The van der Waals surface area contributed by atoms with Crippen molar-refractivity contribution in [3.8, 4) is 0 Å². The lowest BCUT2D eigenvalue weighted by atomic mass is 9.80. The molecule has 2 heteroatoms. The van der Waals surface area contributed by atoms with Gasteiger partial charge in [0.15, 0.2) is 0 Å². The fraction of sp³-hybridized carbons (Fsp3) is 1.00. The average molecular weight is 183 g/mol. The molecule has 2 unspecified atom stereocenters. The predicted octanol–water partition coefficient (Wildman–Crippen LogP) is 1.49. The first-order valence-corrected chi connectivity index (χ1v) is 5.66. The van der Waals surface area contributed by atoms with Gasteiger partial charge in [0, 0.05) is 19.2 Å². The van der Waals surface area contributed by atoms with Crippen molar-refractivity contribution in [3.05, 3.63) is 0 Å². The van der Waals surface area contributed by atoms with Gasteiger partial charge < -0.3 is 10.0 Å². The lowest BCUT2D eigenvalue weighted by Crippen LogP contribution is -2.39. The molecule has 1 saturated heterocycles. The standard InChI is InChI=1S/C11H21NO/c1-9(11-3-2-4-11)12-6-5-10(7-12)8-13/h9-11,13H,2-8H2,1H3. The van der Waals surface area contributed by atoms with E-state index >= 15 is 0 Å². The minimum atomic E-state index is 0.383. The van der Waals surface area contributed by atoms with Gasteiger partial charge in [-0.25, -0.2) is 0 Å². The molecule has 0 amide bonds. The highest BCUT2D eigenvalue weighted by atomic mass is 16.3. The highest BCUT2D eigenvalue weighted by Gasteiger charge is 2.32. The molecule has 2 aliphatic rings. The van der Waals surface area contributed by atoms with Gasteiger partial charge in [0.25, 0.3) is 0 Å². The molecule has 0 aromatic carbocycles. The summed E-state index contributed by atoms with van der Waals surface area (Å²) in [5.74, 6) is 1.51. The minimum Gasteiger partial charge on any atom is -0.396 e. The Morgan fingerprint density at radius 2 is 2.15 bits per heavy atom. The van der Waals surface area contributed by atoms with Gasteiger partial charge in [-0.3, -0.25) is 0 Å². The number of rotatable bonds is 3. The Morgan fingerprint density at radius 1 is 1.38 bits per heavy atom. The Kier molecular flexibility index (Phi) is 2.89. The smallest absolute Gasteiger partial charge is 0.0471 e. The molecule has 2 rings (SSSR count). The third kappa shape index (κ3) is 1.89. The van der Waals surface area contributed by atoms with Gasteiger partial charge in [-0.05, 0) is 44.6 Å². The zero-order valence-electron chi connectivity index (χ0n) is 8.58. The van der Waals surface area contributed by atoms with Crippen LogP contribution < -0.4 is 0 Å². The fourth-order valence-corrected chi connectivity index (χ4v) is 2.60. The van der Waals surface area contributed by atoms with E-state index in [0.29, 0.717) is 12.5 Å². The maximum atomic E-state index is 9.05. The van der Waals surface area contributed by atoms with Crippen LogP contribution in [-0.2, 0) is 0 Å². The van der Waals surface area contributed by atoms with Crippen LogP contribution in [0.2, 0.25) is 0 Å². The third-order valence-electron chi connectivity index (χ3n) is 3.98. The van der Waals surface area contributed by atoms with Crippen molar-refractivity contribution in [2.75, 3.05) is 19.7 Å². The Labute approximate surface area is 80.9 Å². The summed E-state index contributed by atoms with van der Waals surface area (Å²) in [6.07, 6.45) is 5.50. The number of aliphatic hydroxyl groups excluding tert-OH is 1. The molecule has 0 spiro atoms.